The van der Waals surface area contributed by atoms with Crippen molar-refractivity contribution in [3.63, 3.8) is 0 Å². The highest BCUT2D eigenvalue weighted by Crippen LogP contribution is 2.31. The average Bonchev–Trinajstić information content (AvgIpc) is 2.37. The molecule has 0 aliphatic rings. The van der Waals surface area contributed by atoms with Gasteiger partial charge in [0.1, 0.15) is 5.75 Å². The minimum absolute atomic E-state index is 0.518. The molecule has 1 aromatic carbocycles. The van der Waals surface area contributed by atoms with Crippen LogP contribution in [-0.2, 0) is 0 Å². The molecule has 0 fully saturated rings. The first kappa shape index (κ1) is 15.8. The Kier molecular flexibility index (Phi) is 6.16. The van der Waals surface area contributed by atoms with Crippen molar-refractivity contribution >= 4 is 5.69 Å². The van der Waals surface area contributed by atoms with E-state index < -0.39 is 0 Å². The maximum atomic E-state index is 5.61. The lowest BCUT2D eigenvalue weighted by molar-refractivity contribution is 0.413. The molecule has 0 amide bonds. The van der Waals surface area contributed by atoms with Gasteiger partial charge < -0.3 is 15.4 Å². The third-order valence-electron chi connectivity index (χ3n) is 3.53. The topological polar surface area (TPSA) is 38.5 Å². The number of methoxy groups -OCH3 is 1. The van der Waals surface area contributed by atoms with E-state index in [9.17, 15) is 0 Å². The fourth-order valence-corrected chi connectivity index (χ4v) is 2.31. The molecule has 3 heteroatoms. The summed E-state index contributed by atoms with van der Waals surface area (Å²) in [5, 5.41) is 0. The predicted molar refractivity (Wildman–Crippen MR) is 83.2 cm³/mol. The van der Waals surface area contributed by atoms with Gasteiger partial charge in [-0.05, 0) is 42.5 Å². The zero-order valence-electron chi connectivity index (χ0n) is 12.9. The number of nitrogens with zero attached hydrogens (tertiary/aromatic N) is 1. The smallest absolute Gasteiger partial charge is 0.142 e. The number of ether oxygens (including phenoxy) is 1. The minimum atomic E-state index is 0.518. The fraction of sp³-hybridized carbons (Fsp3) is 0.625. The van der Waals surface area contributed by atoms with Gasteiger partial charge in [-0.1, -0.05) is 26.8 Å². The number of hydrogen-bond acceptors (Lipinski definition) is 3. The third kappa shape index (κ3) is 4.43. The van der Waals surface area contributed by atoms with Crippen LogP contribution in [0.25, 0.3) is 0 Å². The molecule has 1 atom stereocenters. The zero-order chi connectivity index (χ0) is 14.4. The van der Waals surface area contributed by atoms with Gasteiger partial charge in [0, 0.05) is 13.6 Å². The largest absolute Gasteiger partial charge is 0.495 e. The SMILES string of the molecule is COc1cc(C(C)C)ccc1N(C)CC(C)CCN. The molecule has 108 valence electrons. The van der Waals surface area contributed by atoms with E-state index in [0.29, 0.717) is 11.8 Å². The van der Waals surface area contributed by atoms with Gasteiger partial charge in [-0.3, -0.25) is 0 Å². The molecule has 0 bridgehead atoms. The van der Waals surface area contributed by atoms with E-state index in [1.54, 1.807) is 7.11 Å². The third-order valence-corrected chi connectivity index (χ3v) is 3.53. The number of benzene rings is 1. The van der Waals surface area contributed by atoms with Crippen molar-refractivity contribution < 1.29 is 4.74 Å². The van der Waals surface area contributed by atoms with Crippen molar-refractivity contribution in [1.29, 1.82) is 0 Å². The van der Waals surface area contributed by atoms with E-state index in [1.807, 2.05) is 0 Å². The molecule has 0 aliphatic carbocycles. The van der Waals surface area contributed by atoms with Crippen LogP contribution in [0, 0.1) is 5.92 Å². The Morgan fingerprint density at radius 1 is 1.26 bits per heavy atom. The van der Waals surface area contributed by atoms with Crippen LogP contribution in [0.15, 0.2) is 18.2 Å². The molecule has 2 N–H and O–H groups in total. The van der Waals surface area contributed by atoms with E-state index in [2.05, 4.69) is 50.9 Å². The standard InChI is InChI=1S/C16H28N2O/c1-12(2)14-6-7-15(16(10-14)19-5)18(4)11-13(3)8-9-17/h6-7,10,12-13H,8-9,11,17H2,1-5H3. The van der Waals surface area contributed by atoms with Gasteiger partial charge in [0.15, 0.2) is 0 Å². The number of hydrogen-bond donors (Lipinski definition) is 1. The summed E-state index contributed by atoms with van der Waals surface area (Å²) in [6, 6.07) is 6.49. The Labute approximate surface area is 117 Å². The van der Waals surface area contributed by atoms with Crippen molar-refractivity contribution in [2.45, 2.75) is 33.1 Å². The van der Waals surface area contributed by atoms with Crippen molar-refractivity contribution in [3.8, 4) is 5.75 Å². The van der Waals surface area contributed by atoms with Gasteiger partial charge in [-0.25, -0.2) is 0 Å². The molecule has 0 spiro atoms. The first-order valence-electron chi connectivity index (χ1n) is 7.08. The van der Waals surface area contributed by atoms with Crippen molar-refractivity contribution in [2.24, 2.45) is 11.7 Å². The Morgan fingerprint density at radius 3 is 2.47 bits per heavy atom. The molecule has 19 heavy (non-hydrogen) atoms. The monoisotopic (exact) mass is 264 g/mol. The molecule has 3 nitrogen and oxygen atoms in total. The average molecular weight is 264 g/mol. The Hall–Kier alpha value is -1.22. The van der Waals surface area contributed by atoms with Crippen molar-refractivity contribution in [2.75, 3.05) is 32.1 Å². The van der Waals surface area contributed by atoms with Crippen LogP contribution < -0.4 is 15.4 Å². The van der Waals surface area contributed by atoms with Crippen molar-refractivity contribution in [3.05, 3.63) is 23.8 Å². The minimum Gasteiger partial charge on any atom is -0.495 e. The van der Waals surface area contributed by atoms with E-state index in [-0.39, 0.29) is 0 Å². The van der Waals surface area contributed by atoms with Gasteiger partial charge in [-0.15, -0.1) is 0 Å². The summed E-state index contributed by atoms with van der Waals surface area (Å²) in [6.07, 6.45) is 1.05. The van der Waals surface area contributed by atoms with Crippen LogP contribution >= 0.6 is 0 Å². The summed E-state index contributed by atoms with van der Waals surface area (Å²) in [5.41, 5.74) is 8.07. The molecule has 0 aromatic heterocycles. The van der Waals surface area contributed by atoms with Crippen LogP contribution in [0.1, 0.15) is 38.7 Å². The van der Waals surface area contributed by atoms with E-state index >= 15 is 0 Å². The van der Waals surface area contributed by atoms with Gasteiger partial charge >= 0.3 is 0 Å². The molecule has 0 aliphatic heterocycles. The summed E-state index contributed by atoms with van der Waals surface area (Å²) < 4.78 is 5.53. The Morgan fingerprint density at radius 2 is 1.95 bits per heavy atom. The molecule has 0 saturated heterocycles. The second kappa shape index (κ2) is 7.39. The first-order chi connectivity index (χ1) is 8.99. The summed E-state index contributed by atoms with van der Waals surface area (Å²) in [5.74, 6) is 2.06. The molecule has 1 rings (SSSR count). The maximum Gasteiger partial charge on any atom is 0.142 e. The molecule has 0 heterocycles. The van der Waals surface area contributed by atoms with Crippen molar-refractivity contribution in [1.82, 2.24) is 0 Å². The molecule has 0 radical (unpaired) electrons. The maximum absolute atomic E-state index is 5.61. The van der Waals surface area contributed by atoms with Gasteiger partial charge in [-0.2, -0.15) is 0 Å². The number of nitrogens with two attached hydrogens (primary N) is 1. The van der Waals surface area contributed by atoms with Gasteiger partial charge in [0.25, 0.3) is 0 Å². The van der Waals surface area contributed by atoms with E-state index in [1.165, 1.54) is 5.56 Å². The lowest BCUT2D eigenvalue weighted by atomic mass is 10.0. The summed E-state index contributed by atoms with van der Waals surface area (Å²) in [7, 11) is 3.85. The lowest BCUT2D eigenvalue weighted by Gasteiger charge is -2.25. The first-order valence-corrected chi connectivity index (χ1v) is 7.08. The molecule has 1 aromatic rings. The summed E-state index contributed by atoms with van der Waals surface area (Å²) >= 11 is 0. The normalized spacial score (nSPS) is 12.6. The van der Waals surface area contributed by atoms with E-state index in [0.717, 1.165) is 30.9 Å². The highest BCUT2D eigenvalue weighted by molar-refractivity contribution is 5.59. The number of rotatable bonds is 7. The van der Waals surface area contributed by atoms with Gasteiger partial charge in [0.2, 0.25) is 0 Å². The van der Waals surface area contributed by atoms with E-state index in [4.69, 9.17) is 10.5 Å². The zero-order valence-corrected chi connectivity index (χ0v) is 12.9. The Balaban J connectivity index is 2.87. The van der Waals surface area contributed by atoms with Crippen LogP contribution in [0.2, 0.25) is 0 Å². The molecular formula is C16H28N2O. The quantitative estimate of drug-likeness (QED) is 0.821. The highest BCUT2D eigenvalue weighted by Gasteiger charge is 2.12. The van der Waals surface area contributed by atoms with Crippen LogP contribution in [0.3, 0.4) is 0 Å². The highest BCUT2D eigenvalue weighted by atomic mass is 16.5. The van der Waals surface area contributed by atoms with Gasteiger partial charge in [0.05, 0.1) is 12.8 Å². The van der Waals surface area contributed by atoms with Crippen LogP contribution in [0.4, 0.5) is 5.69 Å². The van der Waals surface area contributed by atoms with Crippen LogP contribution in [0.5, 0.6) is 5.75 Å². The fourth-order valence-electron chi connectivity index (χ4n) is 2.31. The lowest BCUT2D eigenvalue weighted by Crippen LogP contribution is -2.25. The molecular weight excluding hydrogens is 236 g/mol. The summed E-state index contributed by atoms with van der Waals surface area (Å²) in [4.78, 5) is 2.25. The second-order valence-corrected chi connectivity index (χ2v) is 5.65. The predicted octanol–water partition coefficient (Wildman–Crippen LogP) is 3.24. The Bertz CT molecular complexity index is 390. The van der Waals surface area contributed by atoms with Crippen LogP contribution in [-0.4, -0.2) is 27.2 Å². The second-order valence-electron chi connectivity index (χ2n) is 5.65. The number of anilines is 1. The molecule has 1 unspecified atom stereocenters. The molecule has 0 saturated carbocycles. The summed E-state index contributed by atoms with van der Waals surface area (Å²) in [6.45, 7) is 8.37.